The third-order valence-corrected chi connectivity index (χ3v) is 3.01. The molecule has 3 nitrogen and oxygen atoms in total. The van der Waals surface area contributed by atoms with Crippen molar-refractivity contribution in [3.05, 3.63) is 65.5 Å². The second kappa shape index (κ2) is 5.17. The van der Waals surface area contributed by atoms with E-state index >= 15 is 0 Å². The predicted molar refractivity (Wildman–Crippen MR) is 74.9 cm³/mol. The highest BCUT2D eigenvalue weighted by atomic mass is 19.1. The summed E-state index contributed by atoms with van der Waals surface area (Å²) in [5.74, 6) is 0.0851. The third kappa shape index (κ3) is 2.54. The molecule has 1 heterocycles. The minimum Gasteiger partial charge on any atom is -0.488 e. The Labute approximate surface area is 115 Å². The van der Waals surface area contributed by atoms with Gasteiger partial charge >= 0.3 is 0 Å². The van der Waals surface area contributed by atoms with E-state index in [1.165, 1.54) is 12.1 Å². The zero-order chi connectivity index (χ0) is 13.9. The minimum absolute atomic E-state index is 0.207. The Morgan fingerprint density at radius 1 is 1.15 bits per heavy atom. The highest BCUT2D eigenvalue weighted by Gasteiger charge is 2.17. The summed E-state index contributed by atoms with van der Waals surface area (Å²) in [5.41, 5.74) is 1.80. The van der Waals surface area contributed by atoms with Crippen LogP contribution in [0.15, 0.2) is 54.1 Å². The normalized spacial score (nSPS) is 12.9. The Morgan fingerprint density at radius 3 is 2.85 bits per heavy atom. The van der Waals surface area contributed by atoms with Gasteiger partial charge in [0.2, 0.25) is 0 Å². The third-order valence-electron chi connectivity index (χ3n) is 3.01. The largest absolute Gasteiger partial charge is 0.488 e. The van der Waals surface area contributed by atoms with Crippen molar-refractivity contribution >= 4 is 17.7 Å². The number of para-hydroxylation sites is 1. The lowest BCUT2D eigenvalue weighted by atomic mass is 10.1. The molecule has 1 amide bonds. The van der Waals surface area contributed by atoms with Gasteiger partial charge in [0.15, 0.2) is 0 Å². The summed E-state index contributed by atoms with van der Waals surface area (Å²) in [7, 11) is 0. The van der Waals surface area contributed by atoms with Crippen LogP contribution in [0.25, 0.3) is 6.08 Å². The quantitative estimate of drug-likeness (QED) is 0.909. The zero-order valence-corrected chi connectivity index (χ0v) is 10.6. The van der Waals surface area contributed by atoms with Crippen LogP contribution in [0.2, 0.25) is 0 Å². The lowest BCUT2D eigenvalue weighted by molar-refractivity contribution is -0.113. The van der Waals surface area contributed by atoms with Crippen molar-refractivity contribution in [2.75, 3.05) is 11.9 Å². The predicted octanol–water partition coefficient (Wildman–Crippen LogP) is 3.24. The number of carbonyl (C=O) groups excluding carboxylic acids is 1. The van der Waals surface area contributed by atoms with Crippen molar-refractivity contribution in [1.29, 1.82) is 0 Å². The first-order chi connectivity index (χ1) is 9.72. The maximum atomic E-state index is 13.1. The lowest BCUT2D eigenvalue weighted by Gasteiger charge is -2.17. The van der Waals surface area contributed by atoms with E-state index in [1.807, 2.05) is 24.3 Å². The molecule has 2 aromatic carbocycles. The van der Waals surface area contributed by atoms with Crippen molar-refractivity contribution in [1.82, 2.24) is 0 Å². The zero-order valence-electron chi connectivity index (χ0n) is 10.6. The minimum atomic E-state index is -0.387. The first kappa shape index (κ1) is 12.4. The number of fused-ring (bicyclic) bond motifs is 1. The Kier molecular flexibility index (Phi) is 3.21. The first-order valence-electron chi connectivity index (χ1n) is 6.22. The molecule has 0 unspecified atom stereocenters. The van der Waals surface area contributed by atoms with E-state index in [4.69, 9.17) is 4.74 Å². The molecule has 3 rings (SSSR count). The first-order valence-corrected chi connectivity index (χ1v) is 6.22. The Bertz CT molecular complexity index is 694. The highest BCUT2D eigenvalue weighted by molar-refractivity contribution is 6.07. The Morgan fingerprint density at radius 2 is 2.00 bits per heavy atom. The van der Waals surface area contributed by atoms with E-state index in [-0.39, 0.29) is 18.3 Å². The van der Waals surface area contributed by atoms with Gasteiger partial charge in [-0.1, -0.05) is 24.3 Å². The summed E-state index contributed by atoms with van der Waals surface area (Å²) in [6.07, 6.45) is 1.79. The topological polar surface area (TPSA) is 38.3 Å². The fraction of sp³-hybridized carbons (Fsp3) is 0.0625. The van der Waals surface area contributed by atoms with E-state index < -0.39 is 0 Å². The van der Waals surface area contributed by atoms with Gasteiger partial charge in [0.05, 0.1) is 5.57 Å². The molecule has 100 valence electrons. The van der Waals surface area contributed by atoms with E-state index in [1.54, 1.807) is 18.2 Å². The number of benzene rings is 2. The summed E-state index contributed by atoms with van der Waals surface area (Å²) in [4.78, 5) is 12.1. The average Bonchev–Trinajstić information content (AvgIpc) is 2.47. The van der Waals surface area contributed by atoms with E-state index in [0.29, 0.717) is 11.3 Å². The molecule has 1 aliphatic heterocycles. The van der Waals surface area contributed by atoms with Crippen LogP contribution in [-0.2, 0) is 4.79 Å². The molecule has 20 heavy (non-hydrogen) atoms. The van der Waals surface area contributed by atoms with Crippen LogP contribution in [-0.4, -0.2) is 12.5 Å². The lowest BCUT2D eigenvalue weighted by Crippen LogP contribution is -2.21. The summed E-state index contributed by atoms with van der Waals surface area (Å²) >= 11 is 0. The Hall–Kier alpha value is -2.62. The van der Waals surface area contributed by atoms with Gasteiger partial charge < -0.3 is 10.1 Å². The molecule has 1 N–H and O–H groups in total. The fourth-order valence-corrected chi connectivity index (χ4v) is 2.02. The summed E-state index contributed by atoms with van der Waals surface area (Å²) in [6, 6.07) is 13.3. The van der Waals surface area contributed by atoms with Crippen LogP contribution in [0.3, 0.4) is 0 Å². The number of rotatable bonds is 2. The van der Waals surface area contributed by atoms with Crippen LogP contribution < -0.4 is 10.1 Å². The number of nitrogens with one attached hydrogen (secondary N) is 1. The number of carbonyl (C=O) groups is 1. The molecule has 0 bridgehead atoms. The van der Waals surface area contributed by atoms with Gasteiger partial charge in [-0.25, -0.2) is 4.39 Å². The molecule has 0 spiro atoms. The number of ether oxygens (including phenoxy) is 1. The molecule has 4 heteroatoms. The molecular weight excluding hydrogens is 257 g/mol. The molecule has 0 fully saturated rings. The molecule has 2 aromatic rings. The van der Waals surface area contributed by atoms with Gasteiger partial charge in [0.1, 0.15) is 18.2 Å². The molecule has 1 aliphatic rings. The van der Waals surface area contributed by atoms with Crippen molar-refractivity contribution < 1.29 is 13.9 Å². The van der Waals surface area contributed by atoms with Crippen LogP contribution in [0, 0.1) is 5.82 Å². The highest BCUT2D eigenvalue weighted by Crippen LogP contribution is 2.26. The van der Waals surface area contributed by atoms with E-state index in [0.717, 1.165) is 11.3 Å². The molecule has 0 aromatic heterocycles. The average molecular weight is 269 g/mol. The van der Waals surface area contributed by atoms with E-state index in [2.05, 4.69) is 5.32 Å². The molecule has 0 saturated carbocycles. The van der Waals surface area contributed by atoms with Crippen LogP contribution >= 0.6 is 0 Å². The van der Waals surface area contributed by atoms with Gasteiger partial charge in [-0.05, 0) is 30.3 Å². The van der Waals surface area contributed by atoms with E-state index in [9.17, 15) is 9.18 Å². The van der Waals surface area contributed by atoms with Crippen LogP contribution in [0.4, 0.5) is 10.1 Å². The summed E-state index contributed by atoms with van der Waals surface area (Å²) < 4.78 is 18.6. The molecular formula is C16H12FNO2. The van der Waals surface area contributed by atoms with Crippen molar-refractivity contribution in [2.24, 2.45) is 0 Å². The van der Waals surface area contributed by atoms with Gasteiger partial charge in [0.25, 0.3) is 5.91 Å². The molecule has 0 atom stereocenters. The number of halogens is 1. The standard InChI is InChI=1S/C16H12FNO2/c17-13-5-3-6-14(9-13)18-16(19)12-8-11-4-1-2-7-15(11)20-10-12/h1-9H,10H2,(H,18,19). The molecule has 0 aliphatic carbocycles. The number of hydrogen-bond acceptors (Lipinski definition) is 2. The van der Waals surface area contributed by atoms with Gasteiger partial charge in [-0.2, -0.15) is 0 Å². The number of hydrogen-bond donors (Lipinski definition) is 1. The second-order valence-corrected chi connectivity index (χ2v) is 4.46. The SMILES string of the molecule is O=C(Nc1cccc(F)c1)C1=Cc2ccccc2OC1. The smallest absolute Gasteiger partial charge is 0.255 e. The van der Waals surface area contributed by atoms with Gasteiger partial charge in [-0.15, -0.1) is 0 Å². The summed E-state index contributed by atoms with van der Waals surface area (Å²) in [5, 5.41) is 2.66. The number of amides is 1. The molecule has 0 radical (unpaired) electrons. The monoisotopic (exact) mass is 269 g/mol. The molecule has 0 saturated heterocycles. The Balaban J connectivity index is 1.80. The van der Waals surface area contributed by atoms with Crippen LogP contribution in [0.1, 0.15) is 5.56 Å². The second-order valence-electron chi connectivity index (χ2n) is 4.46. The number of anilines is 1. The van der Waals surface area contributed by atoms with Crippen molar-refractivity contribution in [2.45, 2.75) is 0 Å². The van der Waals surface area contributed by atoms with Crippen molar-refractivity contribution in [3.8, 4) is 5.75 Å². The van der Waals surface area contributed by atoms with Crippen LogP contribution in [0.5, 0.6) is 5.75 Å². The summed E-state index contributed by atoms with van der Waals surface area (Å²) in [6.45, 7) is 0.207. The maximum Gasteiger partial charge on any atom is 0.255 e. The van der Waals surface area contributed by atoms with Gasteiger partial charge in [0, 0.05) is 11.3 Å². The maximum absolute atomic E-state index is 13.1. The van der Waals surface area contributed by atoms with Crippen molar-refractivity contribution in [3.63, 3.8) is 0 Å². The van der Waals surface area contributed by atoms with Gasteiger partial charge in [-0.3, -0.25) is 4.79 Å². The fourth-order valence-electron chi connectivity index (χ4n) is 2.02.